The molecule has 0 saturated heterocycles. The Morgan fingerprint density at radius 1 is 1.21 bits per heavy atom. The van der Waals surface area contributed by atoms with Gasteiger partial charge in [-0.3, -0.25) is 9.52 Å². The number of hydrogen-bond acceptors (Lipinski definition) is 4. The third-order valence-corrected chi connectivity index (χ3v) is 6.54. The van der Waals surface area contributed by atoms with Crippen LogP contribution < -0.4 is 14.4 Å². The number of aryl methyl sites for hydroxylation is 2. The van der Waals surface area contributed by atoms with Gasteiger partial charge in [-0.05, 0) is 54.7 Å². The summed E-state index contributed by atoms with van der Waals surface area (Å²) in [6, 6.07) is 10.6. The molecule has 1 amide bonds. The van der Waals surface area contributed by atoms with E-state index in [1.54, 1.807) is 29.2 Å². The minimum Gasteiger partial charge on any atom is -0.495 e. The summed E-state index contributed by atoms with van der Waals surface area (Å²) in [7, 11) is -2.40. The van der Waals surface area contributed by atoms with E-state index in [4.69, 9.17) is 4.74 Å². The summed E-state index contributed by atoms with van der Waals surface area (Å²) in [6.07, 6.45) is 2.49. The SMILES string of the molecule is CCc1ccc(OC)c(S(=O)(=O)Nc2ccc3c(c2)N(C(=O)C(C)C)CCC3)c1. The molecule has 0 aromatic heterocycles. The number of hydrogen-bond donors (Lipinski definition) is 1. The van der Waals surface area contributed by atoms with Crippen molar-refractivity contribution < 1.29 is 17.9 Å². The number of ether oxygens (including phenoxy) is 1. The van der Waals surface area contributed by atoms with E-state index in [9.17, 15) is 13.2 Å². The van der Waals surface area contributed by atoms with Gasteiger partial charge in [0.25, 0.3) is 10.0 Å². The molecule has 2 aromatic rings. The van der Waals surface area contributed by atoms with Crippen molar-refractivity contribution in [3.63, 3.8) is 0 Å². The third kappa shape index (κ3) is 4.40. The first-order chi connectivity index (χ1) is 13.8. The summed E-state index contributed by atoms with van der Waals surface area (Å²) in [5.74, 6) is 0.217. The second-order valence-corrected chi connectivity index (χ2v) is 9.19. The molecule has 1 heterocycles. The highest BCUT2D eigenvalue weighted by Crippen LogP contribution is 2.33. The highest BCUT2D eigenvalue weighted by atomic mass is 32.2. The fourth-order valence-corrected chi connectivity index (χ4v) is 4.81. The summed E-state index contributed by atoms with van der Waals surface area (Å²) in [5, 5.41) is 0. The van der Waals surface area contributed by atoms with Gasteiger partial charge in [0.1, 0.15) is 10.6 Å². The van der Waals surface area contributed by atoms with Crippen molar-refractivity contribution >= 4 is 27.3 Å². The third-order valence-electron chi connectivity index (χ3n) is 5.14. The molecular weight excluding hydrogens is 388 g/mol. The van der Waals surface area contributed by atoms with Gasteiger partial charge in [-0.25, -0.2) is 8.42 Å². The molecule has 7 heteroatoms. The Labute approximate surface area is 172 Å². The largest absolute Gasteiger partial charge is 0.495 e. The summed E-state index contributed by atoms with van der Waals surface area (Å²) in [4.78, 5) is 14.5. The van der Waals surface area contributed by atoms with Crippen molar-refractivity contribution in [1.82, 2.24) is 0 Å². The zero-order valence-corrected chi connectivity index (χ0v) is 18.2. The molecule has 0 saturated carbocycles. The lowest BCUT2D eigenvalue weighted by Crippen LogP contribution is -2.38. The predicted octanol–water partition coefficient (Wildman–Crippen LogP) is 3.99. The van der Waals surface area contributed by atoms with Crippen LogP contribution >= 0.6 is 0 Å². The van der Waals surface area contributed by atoms with Gasteiger partial charge in [-0.2, -0.15) is 0 Å². The molecule has 0 bridgehead atoms. The van der Waals surface area contributed by atoms with Crippen molar-refractivity contribution in [2.45, 2.75) is 44.9 Å². The van der Waals surface area contributed by atoms with Crippen molar-refractivity contribution in [3.8, 4) is 5.75 Å². The maximum atomic E-state index is 13.1. The molecular formula is C22H28N2O4S. The summed E-state index contributed by atoms with van der Waals surface area (Å²) in [5.41, 5.74) is 3.17. The Morgan fingerprint density at radius 2 is 1.97 bits per heavy atom. The second-order valence-electron chi connectivity index (χ2n) is 7.54. The van der Waals surface area contributed by atoms with Gasteiger partial charge in [0.15, 0.2) is 0 Å². The molecule has 1 aliphatic rings. The molecule has 1 N–H and O–H groups in total. The van der Waals surface area contributed by atoms with E-state index in [-0.39, 0.29) is 16.7 Å². The molecule has 29 heavy (non-hydrogen) atoms. The molecule has 0 aliphatic carbocycles. The van der Waals surface area contributed by atoms with Gasteiger partial charge >= 0.3 is 0 Å². The number of methoxy groups -OCH3 is 1. The van der Waals surface area contributed by atoms with Crippen molar-refractivity contribution in [2.24, 2.45) is 5.92 Å². The van der Waals surface area contributed by atoms with Crippen LogP contribution in [-0.4, -0.2) is 28.0 Å². The summed E-state index contributed by atoms with van der Waals surface area (Å²) >= 11 is 0. The number of carbonyl (C=O) groups excluding carboxylic acids is 1. The topological polar surface area (TPSA) is 75.7 Å². The zero-order chi connectivity index (χ0) is 21.2. The molecule has 3 rings (SSSR count). The van der Waals surface area contributed by atoms with Gasteiger partial charge in [-0.15, -0.1) is 0 Å². The Morgan fingerprint density at radius 3 is 2.62 bits per heavy atom. The Bertz CT molecular complexity index is 1020. The number of sulfonamides is 1. The standard InChI is InChI=1S/C22H28N2O4S/c1-5-16-8-11-20(28-4)21(13-16)29(26,27)23-18-10-9-17-7-6-12-24(19(17)14-18)22(25)15(2)3/h8-11,13-15,23H,5-7,12H2,1-4H3. The van der Waals surface area contributed by atoms with Gasteiger partial charge in [0.05, 0.1) is 12.8 Å². The molecule has 0 fully saturated rings. The fourth-order valence-electron chi connectivity index (χ4n) is 3.54. The van der Waals surface area contributed by atoms with E-state index in [0.29, 0.717) is 18.0 Å². The lowest BCUT2D eigenvalue weighted by molar-refractivity contribution is -0.121. The maximum absolute atomic E-state index is 13.1. The normalized spacial score (nSPS) is 13.9. The predicted molar refractivity (Wildman–Crippen MR) is 115 cm³/mol. The highest BCUT2D eigenvalue weighted by Gasteiger charge is 2.26. The van der Waals surface area contributed by atoms with Crippen LogP contribution in [0.4, 0.5) is 11.4 Å². The smallest absolute Gasteiger partial charge is 0.265 e. The van der Waals surface area contributed by atoms with Crippen LogP contribution in [0.3, 0.4) is 0 Å². The van der Waals surface area contributed by atoms with Crippen LogP contribution in [0.2, 0.25) is 0 Å². The van der Waals surface area contributed by atoms with E-state index in [2.05, 4.69) is 4.72 Å². The maximum Gasteiger partial charge on any atom is 0.265 e. The average molecular weight is 417 g/mol. The number of fused-ring (bicyclic) bond motifs is 1. The molecule has 1 aliphatic heterocycles. The number of benzene rings is 2. The van der Waals surface area contributed by atoms with Crippen molar-refractivity contribution in [1.29, 1.82) is 0 Å². The second kappa shape index (κ2) is 8.45. The quantitative estimate of drug-likeness (QED) is 0.772. The van der Waals surface area contributed by atoms with Gasteiger partial charge in [0.2, 0.25) is 5.91 Å². The number of nitrogens with one attached hydrogen (secondary N) is 1. The zero-order valence-electron chi connectivity index (χ0n) is 17.4. The van der Waals surface area contributed by atoms with E-state index in [1.165, 1.54) is 7.11 Å². The molecule has 2 aromatic carbocycles. The van der Waals surface area contributed by atoms with Crippen molar-refractivity contribution in [2.75, 3.05) is 23.3 Å². The van der Waals surface area contributed by atoms with Crippen LogP contribution in [-0.2, 0) is 27.7 Å². The van der Waals surface area contributed by atoms with E-state index < -0.39 is 10.0 Å². The van der Waals surface area contributed by atoms with Crippen LogP contribution in [0.5, 0.6) is 5.75 Å². The number of rotatable bonds is 6. The number of amides is 1. The number of carbonyl (C=O) groups is 1. The monoisotopic (exact) mass is 416 g/mol. The molecule has 6 nitrogen and oxygen atoms in total. The molecule has 0 unspecified atom stereocenters. The minimum absolute atomic E-state index is 0.0447. The first-order valence-corrected chi connectivity index (χ1v) is 11.4. The van der Waals surface area contributed by atoms with Crippen LogP contribution in [0.15, 0.2) is 41.3 Å². The number of nitrogens with zero attached hydrogens (tertiary/aromatic N) is 1. The van der Waals surface area contributed by atoms with Gasteiger partial charge in [0, 0.05) is 18.2 Å². The Hall–Kier alpha value is -2.54. The number of anilines is 2. The molecule has 0 radical (unpaired) electrons. The van der Waals surface area contributed by atoms with Crippen LogP contribution in [0.25, 0.3) is 0 Å². The van der Waals surface area contributed by atoms with Gasteiger partial charge < -0.3 is 9.64 Å². The lowest BCUT2D eigenvalue weighted by atomic mass is 9.99. The first kappa shape index (κ1) is 21.2. The van der Waals surface area contributed by atoms with E-state index in [0.717, 1.165) is 36.1 Å². The van der Waals surface area contributed by atoms with Gasteiger partial charge in [-0.1, -0.05) is 32.9 Å². The average Bonchev–Trinajstić information content (AvgIpc) is 2.71. The summed E-state index contributed by atoms with van der Waals surface area (Å²) < 4.78 is 34.1. The molecule has 0 atom stereocenters. The summed E-state index contributed by atoms with van der Waals surface area (Å²) in [6.45, 7) is 6.36. The van der Waals surface area contributed by atoms with Crippen molar-refractivity contribution in [3.05, 3.63) is 47.5 Å². The van der Waals surface area contributed by atoms with Crippen LogP contribution in [0, 0.1) is 5.92 Å². The fraction of sp³-hybridized carbons (Fsp3) is 0.409. The Kier molecular flexibility index (Phi) is 6.17. The molecule has 0 spiro atoms. The molecule has 156 valence electrons. The van der Waals surface area contributed by atoms with Crippen LogP contribution in [0.1, 0.15) is 38.3 Å². The first-order valence-electron chi connectivity index (χ1n) is 9.91. The van der Waals surface area contributed by atoms with E-state index in [1.807, 2.05) is 32.9 Å². The minimum atomic E-state index is -3.85. The lowest BCUT2D eigenvalue weighted by Gasteiger charge is -2.31. The highest BCUT2D eigenvalue weighted by molar-refractivity contribution is 7.92. The van der Waals surface area contributed by atoms with E-state index >= 15 is 0 Å². The Balaban J connectivity index is 1.97.